The SMILES string of the molecule is CCCCCC/C=C\C=C/CCCCCCCC(=O)O[C@H](COC(=O)CCCCCCCCCCCCCCCCC)COP(=O)(O)OC[C@@H](O)COP(=O)(O)OC[C@@H](COC(=O)CCCCCCCCCCC(C)C)OC(=O)CCCCCCCCCCCC(C)C. The van der Waals surface area contributed by atoms with E-state index in [-0.39, 0.29) is 25.7 Å². The summed E-state index contributed by atoms with van der Waals surface area (Å²) >= 11 is 0. The molecule has 19 heteroatoms. The number of carbonyl (C=O) groups excluding carboxylic acids is 4. The average molecular weight is 1360 g/mol. The molecule has 0 amide bonds. The first kappa shape index (κ1) is 90.5. The number of esters is 4. The molecule has 0 aliphatic heterocycles. The lowest BCUT2D eigenvalue weighted by Gasteiger charge is -2.21. The van der Waals surface area contributed by atoms with Crippen LogP contribution in [-0.4, -0.2) is 96.7 Å². The van der Waals surface area contributed by atoms with Crippen molar-refractivity contribution < 1.29 is 80.2 Å². The van der Waals surface area contributed by atoms with Crippen LogP contribution in [0.15, 0.2) is 24.3 Å². The molecule has 0 aromatic rings. The lowest BCUT2D eigenvalue weighted by molar-refractivity contribution is -0.161. The van der Waals surface area contributed by atoms with Crippen molar-refractivity contribution in [1.82, 2.24) is 0 Å². The standard InChI is InChI=1S/C74H140O17P2/c1-7-9-11-13-15-17-19-21-23-25-27-31-38-44-50-56-71(76)84-62-69(90-73(78)58-52-46-40-32-28-26-24-22-20-18-16-14-12-10-8-2)64-88-92(80,81)86-60-68(75)61-87-93(82,83)89-65-70(63-85-72(77)57-51-45-39-35-34-37-43-49-55-67(5)6)91-74(79)59-53-47-41-33-29-30-36-42-48-54-66(3)4/h18,20,22,24,66-70,75H,7-17,19,21,23,25-65H2,1-6H3,(H,80,81)(H,82,83)/b20-18-,24-22-/t68-,69-,70-/m1/s1. The van der Waals surface area contributed by atoms with E-state index >= 15 is 0 Å². The maximum Gasteiger partial charge on any atom is 0.472 e. The zero-order valence-corrected chi connectivity index (χ0v) is 61.8. The molecule has 5 atom stereocenters. The van der Waals surface area contributed by atoms with E-state index in [0.717, 1.165) is 115 Å². The summed E-state index contributed by atoms with van der Waals surface area (Å²) in [4.78, 5) is 72.7. The highest BCUT2D eigenvalue weighted by atomic mass is 31.2. The van der Waals surface area contributed by atoms with Crippen LogP contribution in [-0.2, 0) is 65.4 Å². The lowest BCUT2D eigenvalue weighted by atomic mass is 10.0. The lowest BCUT2D eigenvalue weighted by Crippen LogP contribution is -2.30. The van der Waals surface area contributed by atoms with E-state index in [9.17, 15) is 43.2 Å². The number of aliphatic hydroxyl groups is 1. The van der Waals surface area contributed by atoms with Gasteiger partial charge in [-0.3, -0.25) is 37.3 Å². The Hall–Kier alpha value is -2.46. The fourth-order valence-corrected chi connectivity index (χ4v) is 12.3. The van der Waals surface area contributed by atoms with Gasteiger partial charge in [-0.05, 0) is 63.2 Å². The van der Waals surface area contributed by atoms with Crippen molar-refractivity contribution in [2.45, 2.75) is 374 Å². The third kappa shape index (κ3) is 67.9. The summed E-state index contributed by atoms with van der Waals surface area (Å²) in [7, 11) is -9.92. The van der Waals surface area contributed by atoms with Gasteiger partial charge < -0.3 is 33.8 Å². The van der Waals surface area contributed by atoms with Crippen LogP contribution < -0.4 is 0 Å². The number of unbranched alkanes of at least 4 members (excludes halogenated alkanes) is 38. The van der Waals surface area contributed by atoms with E-state index in [1.165, 1.54) is 161 Å². The largest absolute Gasteiger partial charge is 0.472 e. The second kappa shape index (κ2) is 65.5. The summed E-state index contributed by atoms with van der Waals surface area (Å²) in [6, 6.07) is 0. The van der Waals surface area contributed by atoms with Crippen LogP contribution in [0.3, 0.4) is 0 Å². The summed E-state index contributed by atoms with van der Waals surface area (Å²) < 4.78 is 68.4. The van der Waals surface area contributed by atoms with Crippen molar-refractivity contribution in [1.29, 1.82) is 0 Å². The molecule has 0 aromatic carbocycles. The smallest absolute Gasteiger partial charge is 0.462 e. The number of hydrogen-bond acceptors (Lipinski definition) is 15. The van der Waals surface area contributed by atoms with Gasteiger partial charge in [-0.25, -0.2) is 9.13 Å². The van der Waals surface area contributed by atoms with Gasteiger partial charge in [-0.15, -0.1) is 0 Å². The molecule has 0 bridgehead atoms. The molecule has 0 radical (unpaired) electrons. The number of phosphoric acid groups is 2. The van der Waals surface area contributed by atoms with Crippen LogP contribution in [0.25, 0.3) is 0 Å². The molecule has 0 saturated carbocycles. The number of hydrogen-bond donors (Lipinski definition) is 3. The van der Waals surface area contributed by atoms with Gasteiger partial charge in [-0.2, -0.15) is 0 Å². The van der Waals surface area contributed by atoms with Crippen LogP contribution in [0.5, 0.6) is 0 Å². The van der Waals surface area contributed by atoms with E-state index in [1.807, 2.05) is 0 Å². The van der Waals surface area contributed by atoms with Gasteiger partial charge in [-0.1, -0.05) is 303 Å². The minimum absolute atomic E-state index is 0.0853. The van der Waals surface area contributed by atoms with E-state index in [0.29, 0.717) is 25.7 Å². The minimum atomic E-state index is -4.96. The third-order valence-electron chi connectivity index (χ3n) is 16.6. The molecule has 0 spiro atoms. The predicted octanol–water partition coefficient (Wildman–Crippen LogP) is 21.1. The van der Waals surface area contributed by atoms with Gasteiger partial charge in [0.05, 0.1) is 26.4 Å². The van der Waals surface area contributed by atoms with Crippen LogP contribution >= 0.6 is 15.6 Å². The molecule has 3 N–H and O–H groups in total. The first-order chi connectivity index (χ1) is 44.9. The number of aliphatic hydroxyl groups excluding tert-OH is 1. The van der Waals surface area contributed by atoms with Crippen molar-refractivity contribution >= 4 is 39.5 Å². The molecule has 0 aromatic heterocycles. The first-order valence-corrected chi connectivity index (χ1v) is 40.8. The summed E-state index contributed by atoms with van der Waals surface area (Å²) in [5.74, 6) is -0.690. The molecule has 0 heterocycles. The molecular weight excluding hydrogens is 1220 g/mol. The number of phosphoric ester groups is 2. The Labute approximate surface area is 567 Å². The van der Waals surface area contributed by atoms with Crippen molar-refractivity contribution in [2.24, 2.45) is 11.8 Å². The van der Waals surface area contributed by atoms with Crippen molar-refractivity contribution in [3.05, 3.63) is 24.3 Å². The van der Waals surface area contributed by atoms with Gasteiger partial charge in [0.25, 0.3) is 0 Å². The molecule has 0 saturated heterocycles. The molecule has 0 aliphatic carbocycles. The highest BCUT2D eigenvalue weighted by Gasteiger charge is 2.30. The maximum absolute atomic E-state index is 13.1. The molecule has 548 valence electrons. The van der Waals surface area contributed by atoms with Gasteiger partial charge in [0.1, 0.15) is 19.3 Å². The van der Waals surface area contributed by atoms with Crippen molar-refractivity contribution in [3.63, 3.8) is 0 Å². The number of ether oxygens (including phenoxy) is 4. The third-order valence-corrected chi connectivity index (χ3v) is 18.5. The first-order valence-electron chi connectivity index (χ1n) is 37.8. The summed E-state index contributed by atoms with van der Waals surface area (Å²) in [6.45, 7) is 9.45. The molecular formula is C74H140O17P2. The average Bonchev–Trinajstić information content (AvgIpc) is 2.55. The second-order valence-electron chi connectivity index (χ2n) is 27.0. The summed E-state index contributed by atoms with van der Waals surface area (Å²) in [6.07, 6.45) is 54.9. The fraction of sp³-hybridized carbons (Fsp3) is 0.892. The second-order valence-corrected chi connectivity index (χ2v) is 29.9. The highest BCUT2D eigenvalue weighted by molar-refractivity contribution is 7.47. The van der Waals surface area contributed by atoms with Gasteiger partial charge in [0, 0.05) is 25.7 Å². The number of allylic oxidation sites excluding steroid dienone is 4. The van der Waals surface area contributed by atoms with Gasteiger partial charge in [0.2, 0.25) is 0 Å². The Kier molecular flexibility index (Phi) is 63.7. The Morgan fingerprint density at radius 1 is 0.333 bits per heavy atom. The Morgan fingerprint density at radius 2 is 0.581 bits per heavy atom. The zero-order chi connectivity index (χ0) is 68.6. The van der Waals surface area contributed by atoms with Crippen LogP contribution in [0.4, 0.5) is 0 Å². The van der Waals surface area contributed by atoms with Crippen LogP contribution in [0.1, 0.15) is 356 Å². The normalized spacial score (nSPS) is 14.2. The quantitative estimate of drug-likeness (QED) is 0.0169. The van der Waals surface area contributed by atoms with Gasteiger partial charge >= 0.3 is 39.5 Å². The Bertz CT molecular complexity index is 1900. The molecule has 0 aliphatic rings. The van der Waals surface area contributed by atoms with E-state index in [1.54, 1.807) is 0 Å². The Balaban J connectivity index is 5.29. The zero-order valence-electron chi connectivity index (χ0n) is 60.0. The number of rotatable bonds is 71. The monoisotopic (exact) mass is 1360 g/mol. The summed E-state index contributed by atoms with van der Waals surface area (Å²) in [5.41, 5.74) is 0. The Morgan fingerprint density at radius 3 is 0.882 bits per heavy atom. The number of carbonyl (C=O) groups is 4. The summed E-state index contributed by atoms with van der Waals surface area (Å²) in [5, 5.41) is 10.6. The molecule has 0 rings (SSSR count). The van der Waals surface area contributed by atoms with Crippen LogP contribution in [0.2, 0.25) is 0 Å². The highest BCUT2D eigenvalue weighted by Crippen LogP contribution is 2.45. The van der Waals surface area contributed by atoms with Crippen LogP contribution in [0, 0.1) is 11.8 Å². The van der Waals surface area contributed by atoms with Crippen molar-refractivity contribution in [2.75, 3.05) is 39.6 Å². The predicted molar refractivity (Wildman–Crippen MR) is 377 cm³/mol. The van der Waals surface area contributed by atoms with E-state index < -0.39 is 97.5 Å². The molecule has 17 nitrogen and oxygen atoms in total. The van der Waals surface area contributed by atoms with E-state index in [4.69, 9.17) is 37.0 Å². The van der Waals surface area contributed by atoms with Crippen molar-refractivity contribution in [3.8, 4) is 0 Å². The molecule has 2 unspecified atom stereocenters. The topological polar surface area (TPSA) is 237 Å². The maximum atomic E-state index is 13.1. The minimum Gasteiger partial charge on any atom is -0.462 e. The van der Waals surface area contributed by atoms with E-state index in [2.05, 4.69) is 65.8 Å². The molecule has 93 heavy (non-hydrogen) atoms. The van der Waals surface area contributed by atoms with Gasteiger partial charge in [0.15, 0.2) is 12.2 Å². The fourth-order valence-electron chi connectivity index (χ4n) is 10.8. The molecule has 0 fully saturated rings.